The minimum atomic E-state index is -0.333. The third kappa shape index (κ3) is 12.7. The van der Waals surface area contributed by atoms with E-state index in [4.69, 9.17) is 14.2 Å². The summed E-state index contributed by atoms with van der Waals surface area (Å²) in [6.45, 7) is 17.7. The number of nitrogens with zero attached hydrogens (tertiary/aromatic N) is 2. The highest BCUT2D eigenvalue weighted by Crippen LogP contribution is 2.41. The summed E-state index contributed by atoms with van der Waals surface area (Å²) >= 11 is 0. The molecule has 7 aromatic carbocycles. The molecule has 3 atom stereocenters. The van der Waals surface area contributed by atoms with Crippen molar-refractivity contribution in [2.75, 3.05) is 9.80 Å². The molecule has 0 aromatic heterocycles. The van der Waals surface area contributed by atoms with Crippen LogP contribution in [0.1, 0.15) is 110 Å². The quantitative estimate of drug-likeness (QED) is 0.0471. The molecule has 0 N–H and O–H groups in total. The van der Waals surface area contributed by atoms with Crippen molar-refractivity contribution in [1.29, 1.82) is 0 Å². The van der Waals surface area contributed by atoms with E-state index in [1.807, 2.05) is 72.8 Å². The van der Waals surface area contributed by atoms with E-state index in [-0.39, 0.29) is 17.0 Å². The van der Waals surface area contributed by atoms with Gasteiger partial charge in [-0.3, -0.25) is 4.79 Å². The predicted octanol–water partition coefficient (Wildman–Crippen LogP) is 18.2. The normalized spacial score (nSPS) is 13.6. The number of rotatable bonds is 23. The van der Waals surface area contributed by atoms with Gasteiger partial charge >= 0.3 is 0 Å². The van der Waals surface area contributed by atoms with Crippen LogP contribution in [0.15, 0.2) is 194 Å². The van der Waals surface area contributed by atoms with Crippen molar-refractivity contribution in [1.82, 2.24) is 0 Å². The lowest BCUT2D eigenvalue weighted by molar-refractivity contribution is 0.0154. The van der Waals surface area contributed by atoms with E-state index in [1.165, 1.54) is 0 Å². The lowest BCUT2D eigenvalue weighted by Crippen LogP contribution is -2.41. The van der Waals surface area contributed by atoms with Gasteiger partial charge in [0.05, 0.1) is 0 Å². The third-order valence-corrected chi connectivity index (χ3v) is 13.3. The maximum atomic E-state index is 13.5. The Bertz CT molecular complexity index is 2680. The van der Waals surface area contributed by atoms with E-state index in [2.05, 4.69) is 187 Å². The zero-order valence-corrected chi connectivity index (χ0v) is 41.9. The van der Waals surface area contributed by atoms with E-state index < -0.39 is 0 Å². The number of hydrogen-bond acceptors (Lipinski definition) is 6. The summed E-state index contributed by atoms with van der Waals surface area (Å²) in [5.41, 5.74) is 6.84. The summed E-state index contributed by atoms with van der Waals surface area (Å²) < 4.78 is 19.5. The molecule has 0 amide bonds. The van der Waals surface area contributed by atoms with E-state index >= 15 is 0 Å². The lowest BCUT2D eigenvalue weighted by Gasteiger charge is -2.38. The number of carbonyl (C=O) groups is 1. The van der Waals surface area contributed by atoms with Crippen molar-refractivity contribution < 1.29 is 19.0 Å². The van der Waals surface area contributed by atoms with Crippen molar-refractivity contribution in [2.45, 2.75) is 105 Å². The molecular weight excluding hydrogens is 849 g/mol. The first kappa shape index (κ1) is 49.8. The number of para-hydroxylation sites is 2. The van der Waals surface area contributed by atoms with Gasteiger partial charge < -0.3 is 24.0 Å². The molecule has 0 aliphatic rings. The molecule has 0 heterocycles. The largest absolute Gasteiger partial charge is 0.488 e. The highest BCUT2D eigenvalue weighted by atomic mass is 16.5. The van der Waals surface area contributed by atoms with Crippen molar-refractivity contribution in [3.63, 3.8) is 0 Å². The second kappa shape index (κ2) is 23.3. The average molecular weight is 919 g/mol. The molecular formula is C63H70N2O4. The Balaban J connectivity index is 1.06. The fraction of sp³-hybridized carbons (Fsp3) is 0.286. The van der Waals surface area contributed by atoms with E-state index in [0.29, 0.717) is 34.5 Å². The van der Waals surface area contributed by atoms with Crippen molar-refractivity contribution in [2.24, 2.45) is 11.8 Å². The van der Waals surface area contributed by atoms with Crippen LogP contribution in [0, 0.1) is 11.8 Å². The highest BCUT2D eigenvalue weighted by molar-refractivity contribution is 6.09. The lowest BCUT2D eigenvalue weighted by atomic mass is 9.80. The van der Waals surface area contributed by atoms with Crippen molar-refractivity contribution in [3.05, 3.63) is 205 Å². The summed E-state index contributed by atoms with van der Waals surface area (Å²) in [5.74, 6) is 3.79. The molecule has 7 rings (SSSR count). The summed E-state index contributed by atoms with van der Waals surface area (Å²) in [6, 6.07) is 61.0. The number of benzene rings is 7. The van der Waals surface area contributed by atoms with Crippen LogP contribution in [0.3, 0.4) is 0 Å². The molecule has 0 bridgehead atoms. The van der Waals surface area contributed by atoms with E-state index in [0.717, 1.165) is 84.1 Å². The number of unbranched alkanes of at least 4 members (excludes halogenated alkanes) is 1. The minimum absolute atomic E-state index is 0.0450. The van der Waals surface area contributed by atoms with Gasteiger partial charge in [0, 0.05) is 51.7 Å². The van der Waals surface area contributed by atoms with Gasteiger partial charge in [-0.05, 0) is 197 Å². The van der Waals surface area contributed by atoms with Crippen LogP contribution in [0.25, 0.3) is 0 Å². The molecule has 69 heavy (non-hydrogen) atoms. The molecule has 6 heteroatoms. The van der Waals surface area contributed by atoms with Crippen LogP contribution >= 0.6 is 0 Å². The Morgan fingerprint density at radius 3 is 1.32 bits per heavy atom. The van der Waals surface area contributed by atoms with Crippen LogP contribution in [-0.2, 0) is 0 Å². The number of carbonyl (C=O) groups excluding carboxylic acids is 1. The van der Waals surface area contributed by atoms with Gasteiger partial charge in [0.25, 0.3) is 0 Å². The van der Waals surface area contributed by atoms with Gasteiger partial charge in [0.1, 0.15) is 34.2 Å². The molecule has 3 unspecified atom stereocenters. The Hall–Kier alpha value is -7.05. The highest BCUT2D eigenvalue weighted by Gasteiger charge is 2.34. The SMILES string of the molecule is C/C=C\CC(C)(Oc1ccc(N(c2ccccc2)c2ccc(N(c3ccccc3)c3ccc(Oc4ccc(C(=O)c5ccc(OC(C)(CCC)CCCC)cc5)cc4)cc3)cc2)cc1)C(C)C(C)C. The molecule has 6 nitrogen and oxygen atoms in total. The van der Waals surface area contributed by atoms with Crippen LogP contribution in [0.4, 0.5) is 34.1 Å². The number of anilines is 6. The Morgan fingerprint density at radius 1 is 0.507 bits per heavy atom. The summed E-state index contributed by atoms with van der Waals surface area (Å²) in [5, 5.41) is 0. The minimum Gasteiger partial charge on any atom is -0.488 e. The molecule has 0 fully saturated rings. The molecule has 0 aliphatic carbocycles. The third-order valence-electron chi connectivity index (χ3n) is 13.3. The van der Waals surface area contributed by atoms with Gasteiger partial charge in [-0.15, -0.1) is 0 Å². The van der Waals surface area contributed by atoms with Gasteiger partial charge in [0.15, 0.2) is 5.78 Å². The van der Waals surface area contributed by atoms with Gasteiger partial charge in [-0.1, -0.05) is 96.0 Å². The Labute approximate surface area is 412 Å². The van der Waals surface area contributed by atoms with E-state index in [1.54, 1.807) is 0 Å². The summed E-state index contributed by atoms with van der Waals surface area (Å²) in [4.78, 5) is 18.0. The van der Waals surface area contributed by atoms with Crippen LogP contribution in [-0.4, -0.2) is 17.0 Å². The predicted molar refractivity (Wildman–Crippen MR) is 288 cm³/mol. The van der Waals surface area contributed by atoms with Crippen LogP contribution in [0.5, 0.6) is 23.0 Å². The topological polar surface area (TPSA) is 51.2 Å². The zero-order chi connectivity index (χ0) is 48.8. The molecule has 0 spiro atoms. The second-order valence-electron chi connectivity index (χ2n) is 19.0. The zero-order valence-electron chi connectivity index (χ0n) is 41.9. The monoisotopic (exact) mass is 919 g/mol. The fourth-order valence-electron chi connectivity index (χ4n) is 9.02. The number of ether oxygens (including phenoxy) is 3. The maximum absolute atomic E-state index is 13.5. The smallest absolute Gasteiger partial charge is 0.193 e. The maximum Gasteiger partial charge on any atom is 0.193 e. The molecule has 0 radical (unpaired) electrons. The van der Waals surface area contributed by atoms with Crippen LogP contribution < -0.4 is 24.0 Å². The summed E-state index contributed by atoms with van der Waals surface area (Å²) in [7, 11) is 0. The second-order valence-corrected chi connectivity index (χ2v) is 19.0. The summed E-state index contributed by atoms with van der Waals surface area (Å²) in [6.07, 6.45) is 10.5. The van der Waals surface area contributed by atoms with Crippen molar-refractivity contribution >= 4 is 39.9 Å². The molecule has 356 valence electrons. The van der Waals surface area contributed by atoms with E-state index in [9.17, 15) is 4.79 Å². The first-order valence-electron chi connectivity index (χ1n) is 24.8. The molecule has 0 saturated heterocycles. The Kier molecular flexibility index (Phi) is 16.8. The molecule has 0 saturated carbocycles. The van der Waals surface area contributed by atoms with Gasteiger partial charge in [0.2, 0.25) is 0 Å². The Morgan fingerprint density at radius 2 is 0.899 bits per heavy atom. The molecule has 0 aliphatic heterocycles. The van der Waals surface area contributed by atoms with Gasteiger partial charge in [-0.25, -0.2) is 0 Å². The first-order valence-corrected chi connectivity index (χ1v) is 24.8. The average Bonchev–Trinajstić information content (AvgIpc) is 3.37. The van der Waals surface area contributed by atoms with Crippen molar-refractivity contribution in [3.8, 4) is 23.0 Å². The first-order chi connectivity index (χ1) is 33.4. The number of hydrogen-bond donors (Lipinski definition) is 0. The fourth-order valence-corrected chi connectivity index (χ4v) is 9.02. The van der Waals surface area contributed by atoms with Gasteiger partial charge in [-0.2, -0.15) is 0 Å². The number of ketones is 1. The molecule has 7 aromatic rings. The number of allylic oxidation sites excluding steroid dienone is 1. The van der Waals surface area contributed by atoms with Crippen LogP contribution in [0.2, 0.25) is 0 Å². The standard InChI is InChI=1S/C63H70N2O4/c1-9-12-45-62(7,44-11-3)68-59-38-26-50(27-39-59)61(66)49-24-36-57(37-25-49)67-58-40-32-55(33-41-58)64(51-20-16-14-17-21-51)53-28-30-54(31-29-53)65(52-22-18-15-19-23-52)56-34-42-60(43-35-56)69-63(8,46-13-10-2)48(6)47(4)5/h10,13-43,47-48H,9,11-12,44-46H2,1-8H3/b13-10-.